The second-order valence-electron chi connectivity index (χ2n) is 7.19. The van der Waals surface area contributed by atoms with E-state index in [1.807, 2.05) is 26.0 Å². The highest BCUT2D eigenvalue weighted by Gasteiger charge is 2.49. The zero-order valence-corrected chi connectivity index (χ0v) is 16.0. The van der Waals surface area contributed by atoms with Crippen LogP contribution < -0.4 is 10.6 Å². The van der Waals surface area contributed by atoms with Gasteiger partial charge in [0, 0.05) is 6.54 Å². The van der Waals surface area contributed by atoms with E-state index in [1.165, 1.54) is 0 Å². The fraction of sp³-hybridized carbons (Fsp3) is 0.632. The highest BCUT2D eigenvalue weighted by molar-refractivity contribution is 6.08. The average Bonchev–Trinajstić information content (AvgIpc) is 3.41. The second kappa shape index (κ2) is 8.12. The van der Waals surface area contributed by atoms with E-state index in [-0.39, 0.29) is 24.4 Å². The zero-order chi connectivity index (χ0) is 19.4. The predicted molar refractivity (Wildman–Crippen MR) is 98.8 cm³/mol. The van der Waals surface area contributed by atoms with Crippen LogP contribution in [0.15, 0.2) is 22.8 Å². The van der Waals surface area contributed by atoms with Crippen molar-refractivity contribution in [3.8, 4) is 0 Å². The van der Waals surface area contributed by atoms with Crippen LogP contribution in [0, 0.1) is 0 Å². The van der Waals surface area contributed by atoms with Gasteiger partial charge in [-0.05, 0) is 50.9 Å². The Kier molecular flexibility index (Phi) is 5.84. The molecule has 2 fully saturated rings. The van der Waals surface area contributed by atoms with E-state index in [0.717, 1.165) is 36.6 Å². The number of nitrogens with one attached hydrogen (secondary N) is 2. The predicted octanol–water partition coefficient (Wildman–Crippen LogP) is 1.64. The average molecular weight is 376 g/mol. The van der Waals surface area contributed by atoms with Gasteiger partial charge in [-0.15, -0.1) is 0 Å². The number of likely N-dealkylation sites (tertiary alicyclic amines) is 1. The number of carbonyl (C=O) groups is 3. The van der Waals surface area contributed by atoms with Gasteiger partial charge < -0.3 is 15.1 Å². The lowest BCUT2D eigenvalue weighted by Crippen LogP contribution is -2.47. The minimum atomic E-state index is -0.885. The molecule has 2 aliphatic rings. The molecule has 2 aliphatic heterocycles. The van der Waals surface area contributed by atoms with Crippen molar-refractivity contribution in [1.82, 2.24) is 20.4 Å². The topological polar surface area (TPSA) is 94.9 Å². The van der Waals surface area contributed by atoms with Gasteiger partial charge in [0.25, 0.3) is 5.91 Å². The molecule has 4 amide bonds. The molecule has 0 radical (unpaired) electrons. The third-order valence-corrected chi connectivity index (χ3v) is 5.70. The summed E-state index contributed by atoms with van der Waals surface area (Å²) in [6.45, 7) is 5.75. The van der Waals surface area contributed by atoms with E-state index < -0.39 is 11.6 Å². The number of furan rings is 1. The van der Waals surface area contributed by atoms with Gasteiger partial charge >= 0.3 is 6.03 Å². The number of rotatable bonds is 8. The van der Waals surface area contributed by atoms with Gasteiger partial charge in [0.15, 0.2) is 0 Å². The van der Waals surface area contributed by atoms with Crippen LogP contribution in [0.4, 0.5) is 4.79 Å². The summed E-state index contributed by atoms with van der Waals surface area (Å²) in [5.41, 5.74) is -0.885. The third-order valence-electron chi connectivity index (χ3n) is 5.70. The first-order valence-electron chi connectivity index (χ1n) is 9.69. The van der Waals surface area contributed by atoms with Crippen LogP contribution in [0.1, 0.15) is 51.3 Å². The van der Waals surface area contributed by atoms with Crippen molar-refractivity contribution in [1.29, 1.82) is 0 Å². The molecule has 3 rings (SSSR count). The molecule has 8 heteroatoms. The summed E-state index contributed by atoms with van der Waals surface area (Å²) in [5.74, 6) is 0.134. The molecule has 27 heavy (non-hydrogen) atoms. The van der Waals surface area contributed by atoms with Crippen LogP contribution in [-0.4, -0.2) is 59.4 Å². The Labute approximate surface area is 159 Å². The number of nitrogens with zero attached hydrogens (tertiary/aromatic N) is 2. The van der Waals surface area contributed by atoms with Gasteiger partial charge in [0.1, 0.15) is 17.8 Å². The quantitative estimate of drug-likeness (QED) is 0.673. The largest absolute Gasteiger partial charge is 0.468 e. The fourth-order valence-electron chi connectivity index (χ4n) is 3.90. The molecule has 1 atom stereocenters. The Morgan fingerprint density at radius 1 is 1.30 bits per heavy atom. The summed E-state index contributed by atoms with van der Waals surface area (Å²) in [6.07, 6.45) is 4.89. The Morgan fingerprint density at radius 3 is 2.56 bits per heavy atom. The number of urea groups is 1. The Balaban J connectivity index is 1.60. The first kappa shape index (κ1) is 19.4. The SMILES string of the molecule is CCC1(CC)NC(=O)N(CC(=O)NCC(c2ccco2)N2CCCC2)C1=O. The molecule has 3 heterocycles. The molecule has 0 aliphatic carbocycles. The summed E-state index contributed by atoms with van der Waals surface area (Å²) < 4.78 is 5.54. The normalized spacial score (nSPS) is 20.7. The van der Waals surface area contributed by atoms with Crippen LogP contribution in [0.2, 0.25) is 0 Å². The number of imide groups is 1. The maximum absolute atomic E-state index is 12.6. The maximum atomic E-state index is 12.6. The second-order valence-corrected chi connectivity index (χ2v) is 7.19. The molecule has 1 unspecified atom stereocenters. The summed E-state index contributed by atoms with van der Waals surface area (Å²) >= 11 is 0. The molecule has 2 saturated heterocycles. The van der Waals surface area contributed by atoms with Crippen molar-refractivity contribution in [2.45, 2.75) is 51.1 Å². The van der Waals surface area contributed by atoms with E-state index in [4.69, 9.17) is 4.42 Å². The Hall–Kier alpha value is -2.35. The number of hydrogen-bond acceptors (Lipinski definition) is 5. The van der Waals surface area contributed by atoms with E-state index in [2.05, 4.69) is 15.5 Å². The van der Waals surface area contributed by atoms with Crippen molar-refractivity contribution >= 4 is 17.8 Å². The van der Waals surface area contributed by atoms with Gasteiger partial charge in [-0.25, -0.2) is 4.79 Å². The lowest BCUT2D eigenvalue weighted by atomic mass is 9.93. The molecule has 1 aromatic heterocycles. The summed E-state index contributed by atoms with van der Waals surface area (Å²) in [7, 11) is 0. The van der Waals surface area contributed by atoms with Crippen molar-refractivity contribution < 1.29 is 18.8 Å². The molecular weight excluding hydrogens is 348 g/mol. The van der Waals surface area contributed by atoms with Crippen LogP contribution in [0.25, 0.3) is 0 Å². The molecule has 2 N–H and O–H groups in total. The first-order chi connectivity index (χ1) is 13.0. The standard InChI is InChI=1S/C19H28N4O4/c1-3-19(4-2)17(25)23(18(26)21-19)13-16(24)20-12-14(15-8-7-11-27-15)22-9-5-6-10-22/h7-8,11,14H,3-6,9-10,12-13H2,1-2H3,(H,20,24)(H,21,26). The first-order valence-corrected chi connectivity index (χ1v) is 9.69. The molecule has 8 nitrogen and oxygen atoms in total. The highest BCUT2D eigenvalue weighted by Crippen LogP contribution is 2.26. The van der Waals surface area contributed by atoms with Crippen LogP contribution >= 0.6 is 0 Å². The van der Waals surface area contributed by atoms with Crippen LogP contribution in [-0.2, 0) is 9.59 Å². The van der Waals surface area contributed by atoms with E-state index in [0.29, 0.717) is 19.4 Å². The van der Waals surface area contributed by atoms with Gasteiger partial charge in [-0.1, -0.05) is 13.8 Å². The summed E-state index contributed by atoms with van der Waals surface area (Å²) in [6, 6.07) is 3.20. The van der Waals surface area contributed by atoms with E-state index in [9.17, 15) is 14.4 Å². The van der Waals surface area contributed by atoms with Gasteiger partial charge in [-0.2, -0.15) is 0 Å². The monoisotopic (exact) mass is 376 g/mol. The summed E-state index contributed by atoms with van der Waals surface area (Å²) in [5, 5.41) is 5.60. The molecule has 0 spiro atoms. The molecular formula is C19H28N4O4. The Morgan fingerprint density at radius 2 is 2.00 bits per heavy atom. The maximum Gasteiger partial charge on any atom is 0.325 e. The number of hydrogen-bond donors (Lipinski definition) is 2. The van der Waals surface area contributed by atoms with Gasteiger partial charge in [-0.3, -0.25) is 19.4 Å². The smallest absolute Gasteiger partial charge is 0.325 e. The molecule has 148 valence electrons. The van der Waals surface area contributed by atoms with Gasteiger partial charge in [0.2, 0.25) is 5.91 Å². The molecule has 1 aromatic rings. The lowest BCUT2D eigenvalue weighted by Gasteiger charge is -2.26. The zero-order valence-electron chi connectivity index (χ0n) is 16.0. The molecule has 0 aromatic carbocycles. The number of amides is 4. The summed E-state index contributed by atoms with van der Waals surface area (Å²) in [4.78, 5) is 40.5. The van der Waals surface area contributed by atoms with E-state index >= 15 is 0 Å². The molecule has 0 bridgehead atoms. The minimum Gasteiger partial charge on any atom is -0.468 e. The lowest BCUT2D eigenvalue weighted by molar-refractivity contribution is -0.135. The van der Waals surface area contributed by atoms with Crippen LogP contribution in [0.5, 0.6) is 0 Å². The molecule has 0 saturated carbocycles. The Bertz CT molecular complexity index is 678. The van der Waals surface area contributed by atoms with E-state index in [1.54, 1.807) is 6.26 Å². The fourth-order valence-corrected chi connectivity index (χ4v) is 3.90. The van der Waals surface area contributed by atoms with Crippen molar-refractivity contribution in [3.63, 3.8) is 0 Å². The van der Waals surface area contributed by atoms with Crippen molar-refractivity contribution in [3.05, 3.63) is 24.2 Å². The minimum absolute atomic E-state index is 0.0417. The van der Waals surface area contributed by atoms with Crippen LogP contribution in [0.3, 0.4) is 0 Å². The van der Waals surface area contributed by atoms with Crippen molar-refractivity contribution in [2.75, 3.05) is 26.2 Å². The van der Waals surface area contributed by atoms with Gasteiger partial charge in [0.05, 0.1) is 12.3 Å². The highest BCUT2D eigenvalue weighted by atomic mass is 16.3. The van der Waals surface area contributed by atoms with Crippen molar-refractivity contribution in [2.24, 2.45) is 0 Å². The number of carbonyl (C=O) groups excluding carboxylic acids is 3. The third kappa shape index (κ3) is 3.85.